The van der Waals surface area contributed by atoms with E-state index in [9.17, 15) is 13.6 Å². The van der Waals surface area contributed by atoms with Gasteiger partial charge in [-0.25, -0.2) is 18.7 Å². The third kappa shape index (κ3) is 4.95. The summed E-state index contributed by atoms with van der Waals surface area (Å²) in [7, 11) is 0. The molecule has 0 unspecified atom stereocenters. The molecule has 188 valence electrons. The van der Waals surface area contributed by atoms with Crippen LogP contribution < -0.4 is 4.90 Å². The van der Waals surface area contributed by atoms with Gasteiger partial charge in [0.2, 0.25) is 11.9 Å². The molecule has 5 rings (SSSR count). The Kier molecular flexibility index (Phi) is 7.23. The maximum atomic E-state index is 14.0. The zero-order chi connectivity index (χ0) is 25.0. The number of rotatable bonds is 7. The number of hydrogen-bond acceptors (Lipinski definition) is 5. The second kappa shape index (κ2) is 10.7. The molecular formula is C28H31F2N5O. The first-order valence-electron chi connectivity index (χ1n) is 12.6. The van der Waals surface area contributed by atoms with Crippen molar-refractivity contribution in [1.29, 1.82) is 0 Å². The number of nitrogens with zero attached hydrogens (tertiary/aromatic N) is 5. The number of aromatic nitrogens is 2. The van der Waals surface area contributed by atoms with Crippen LogP contribution in [0.25, 0.3) is 0 Å². The third-order valence-corrected chi connectivity index (χ3v) is 7.46. The van der Waals surface area contributed by atoms with E-state index in [-0.39, 0.29) is 17.5 Å². The zero-order valence-electron chi connectivity index (χ0n) is 20.3. The number of likely N-dealkylation sites (tertiary alicyclic amines) is 1. The number of amides is 1. The summed E-state index contributed by atoms with van der Waals surface area (Å²) in [5, 5.41) is 0. The molecule has 0 bridgehead atoms. The molecule has 8 heteroatoms. The molecule has 1 amide bonds. The van der Waals surface area contributed by atoms with Gasteiger partial charge in [0, 0.05) is 58.1 Å². The van der Waals surface area contributed by atoms with E-state index in [2.05, 4.69) is 19.8 Å². The molecule has 2 aliphatic rings. The summed E-state index contributed by atoms with van der Waals surface area (Å²) in [6, 6.07) is 15.0. The van der Waals surface area contributed by atoms with E-state index in [1.54, 1.807) is 18.5 Å². The molecule has 2 aliphatic heterocycles. The van der Waals surface area contributed by atoms with Gasteiger partial charge in [-0.15, -0.1) is 0 Å². The Balaban J connectivity index is 1.52. The SMILES string of the molecule is O=C1CCCCN1CCC(c1ccc(F)cc1)(c1ccc(F)cc1)N1CCN(c2ncccn2)CC1. The summed E-state index contributed by atoms with van der Waals surface area (Å²) in [6.45, 7) is 4.19. The molecular weight excluding hydrogens is 460 g/mol. The monoisotopic (exact) mass is 491 g/mol. The molecule has 0 radical (unpaired) electrons. The second-order valence-electron chi connectivity index (χ2n) is 9.48. The quantitative estimate of drug-likeness (QED) is 0.495. The number of halogens is 2. The van der Waals surface area contributed by atoms with Crippen molar-refractivity contribution in [1.82, 2.24) is 19.8 Å². The predicted molar refractivity (Wildman–Crippen MR) is 134 cm³/mol. The van der Waals surface area contributed by atoms with Crippen molar-refractivity contribution in [3.8, 4) is 0 Å². The number of piperazine rings is 1. The summed E-state index contributed by atoms with van der Waals surface area (Å²) >= 11 is 0. The van der Waals surface area contributed by atoms with Crippen molar-refractivity contribution in [3.63, 3.8) is 0 Å². The van der Waals surface area contributed by atoms with Gasteiger partial charge in [-0.2, -0.15) is 0 Å². The first kappa shape index (κ1) is 24.3. The highest BCUT2D eigenvalue weighted by molar-refractivity contribution is 5.76. The molecule has 2 saturated heterocycles. The minimum atomic E-state index is -0.650. The molecule has 3 heterocycles. The van der Waals surface area contributed by atoms with E-state index >= 15 is 0 Å². The summed E-state index contributed by atoms with van der Waals surface area (Å²) in [6.07, 6.45) is 6.62. The Morgan fingerprint density at radius 1 is 0.778 bits per heavy atom. The van der Waals surface area contributed by atoms with Gasteiger partial charge in [-0.1, -0.05) is 24.3 Å². The van der Waals surface area contributed by atoms with Crippen molar-refractivity contribution in [3.05, 3.63) is 89.8 Å². The smallest absolute Gasteiger partial charge is 0.225 e. The molecule has 2 fully saturated rings. The largest absolute Gasteiger partial charge is 0.343 e. The molecule has 2 aromatic carbocycles. The predicted octanol–water partition coefficient (Wildman–Crippen LogP) is 4.22. The van der Waals surface area contributed by atoms with Crippen LogP contribution in [-0.4, -0.2) is 64.9 Å². The van der Waals surface area contributed by atoms with Crippen molar-refractivity contribution in [2.45, 2.75) is 31.2 Å². The third-order valence-electron chi connectivity index (χ3n) is 7.46. The highest BCUT2D eigenvalue weighted by atomic mass is 19.1. The van der Waals surface area contributed by atoms with Crippen LogP contribution >= 0.6 is 0 Å². The van der Waals surface area contributed by atoms with E-state index in [1.165, 1.54) is 24.3 Å². The van der Waals surface area contributed by atoms with E-state index in [1.807, 2.05) is 29.2 Å². The fraction of sp³-hybridized carbons (Fsp3) is 0.393. The summed E-state index contributed by atoms with van der Waals surface area (Å²) in [4.78, 5) is 27.9. The Hall–Kier alpha value is -3.39. The van der Waals surface area contributed by atoms with Crippen LogP contribution in [0, 0.1) is 11.6 Å². The number of carbonyl (C=O) groups is 1. The first-order valence-corrected chi connectivity index (χ1v) is 12.6. The number of piperidine rings is 1. The van der Waals surface area contributed by atoms with Crippen LogP contribution in [0.5, 0.6) is 0 Å². The topological polar surface area (TPSA) is 52.6 Å². The summed E-state index contributed by atoms with van der Waals surface area (Å²) < 4.78 is 28.0. The average molecular weight is 492 g/mol. The molecule has 0 N–H and O–H groups in total. The molecule has 6 nitrogen and oxygen atoms in total. The van der Waals surface area contributed by atoms with Gasteiger partial charge in [0.05, 0.1) is 5.54 Å². The Morgan fingerprint density at radius 3 is 1.92 bits per heavy atom. The average Bonchev–Trinajstić information content (AvgIpc) is 2.92. The lowest BCUT2D eigenvalue weighted by molar-refractivity contribution is -0.133. The number of benzene rings is 2. The van der Waals surface area contributed by atoms with Crippen LogP contribution in [0.3, 0.4) is 0 Å². The molecule has 0 saturated carbocycles. The summed E-state index contributed by atoms with van der Waals surface area (Å²) in [5.41, 5.74) is 1.22. The minimum absolute atomic E-state index is 0.180. The van der Waals surface area contributed by atoms with E-state index in [0.29, 0.717) is 38.4 Å². The first-order chi connectivity index (χ1) is 17.6. The molecule has 0 atom stereocenters. The fourth-order valence-electron chi connectivity index (χ4n) is 5.57. The van der Waals surface area contributed by atoms with E-state index in [4.69, 9.17) is 0 Å². The van der Waals surface area contributed by atoms with Gasteiger partial charge in [-0.05, 0) is 60.7 Å². The lowest BCUT2D eigenvalue weighted by atomic mass is 9.77. The van der Waals surface area contributed by atoms with Gasteiger partial charge in [0.1, 0.15) is 11.6 Å². The van der Waals surface area contributed by atoms with Gasteiger partial charge in [-0.3, -0.25) is 9.69 Å². The van der Waals surface area contributed by atoms with Gasteiger partial charge >= 0.3 is 0 Å². The van der Waals surface area contributed by atoms with Crippen molar-refractivity contribution in [2.75, 3.05) is 44.2 Å². The van der Waals surface area contributed by atoms with Crippen LogP contribution in [0.2, 0.25) is 0 Å². The molecule has 36 heavy (non-hydrogen) atoms. The van der Waals surface area contributed by atoms with Gasteiger partial charge < -0.3 is 9.80 Å². The Labute approximate surface area is 210 Å². The molecule has 1 aromatic heterocycles. The number of hydrogen-bond donors (Lipinski definition) is 0. The Morgan fingerprint density at radius 2 is 1.36 bits per heavy atom. The van der Waals surface area contributed by atoms with E-state index in [0.717, 1.165) is 43.6 Å². The minimum Gasteiger partial charge on any atom is -0.343 e. The standard InChI is InChI=1S/C28H31F2N5O/c29-24-9-5-22(6-10-24)28(23-7-11-25(30)12-8-23,13-17-33-16-2-1-4-26(33)36)35-20-18-34(19-21-35)27-31-14-3-15-32-27/h3,5-12,14-15H,1-2,4,13,16-21H2. The molecule has 0 spiro atoms. The normalized spacial score (nSPS) is 17.4. The molecule has 3 aromatic rings. The lowest BCUT2D eigenvalue weighted by Gasteiger charge is -2.49. The van der Waals surface area contributed by atoms with Gasteiger partial charge in [0.15, 0.2) is 0 Å². The van der Waals surface area contributed by atoms with Crippen LogP contribution in [-0.2, 0) is 10.3 Å². The zero-order valence-corrected chi connectivity index (χ0v) is 20.3. The van der Waals surface area contributed by atoms with Crippen LogP contribution in [0.15, 0.2) is 67.0 Å². The maximum absolute atomic E-state index is 14.0. The Bertz CT molecular complexity index is 1100. The van der Waals surface area contributed by atoms with Crippen molar-refractivity contribution < 1.29 is 13.6 Å². The fourth-order valence-corrected chi connectivity index (χ4v) is 5.57. The lowest BCUT2D eigenvalue weighted by Crippen LogP contribution is -2.57. The van der Waals surface area contributed by atoms with Crippen LogP contribution in [0.1, 0.15) is 36.8 Å². The highest BCUT2D eigenvalue weighted by Gasteiger charge is 2.42. The number of carbonyl (C=O) groups excluding carboxylic acids is 1. The van der Waals surface area contributed by atoms with E-state index < -0.39 is 5.54 Å². The maximum Gasteiger partial charge on any atom is 0.225 e. The molecule has 0 aliphatic carbocycles. The van der Waals surface area contributed by atoms with Crippen molar-refractivity contribution >= 4 is 11.9 Å². The van der Waals surface area contributed by atoms with Gasteiger partial charge in [0.25, 0.3) is 0 Å². The second-order valence-corrected chi connectivity index (χ2v) is 9.48. The van der Waals surface area contributed by atoms with Crippen molar-refractivity contribution in [2.24, 2.45) is 0 Å². The summed E-state index contributed by atoms with van der Waals surface area (Å²) in [5.74, 6) is 0.276. The highest BCUT2D eigenvalue weighted by Crippen LogP contribution is 2.41. The van der Waals surface area contributed by atoms with Crippen LogP contribution in [0.4, 0.5) is 14.7 Å². The number of anilines is 1.